The molecule has 2 aromatic rings. The van der Waals surface area contributed by atoms with Crippen LogP contribution in [-0.2, 0) is 11.3 Å². The minimum absolute atomic E-state index is 0.103. The fourth-order valence-corrected chi connectivity index (χ4v) is 2.60. The van der Waals surface area contributed by atoms with Crippen LogP contribution in [0, 0.1) is 0 Å². The lowest BCUT2D eigenvalue weighted by Crippen LogP contribution is -2.39. The van der Waals surface area contributed by atoms with Crippen molar-refractivity contribution in [1.82, 2.24) is 14.9 Å². The zero-order valence-electron chi connectivity index (χ0n) is 12.9. The molecular weight excluding hydrogens is 292 g/mol. The lowest BCUT2D eigenvalue weighted by Gasteiger charge is -2.25. The zero-order chi connectivity index (χ0) is 15.9. The molecular formula is C17H20N4O2. The number of pyridine rings is 2. The fourth-order valence-electron chi connectivity index (χ4n) is 2.60. The normalized spacial score (nSPS) is 17.0. The van der Waals surface area contributed by atoms with Gasteiger partial charge in [-0.2, -0.15) is 0 Å². The number of hydrogen-bond acceptors (Lipinski definition) is 4. The van der Waals surface area contributed by atoms with Gasteiger partial charge in [0.05, 0.1) is 18.0 Å². The Balaban J connectivity index is 1.69. The number of nitrogens with zero attached hydrogens (tertiary/aromatic N) is 3. The van der Waals surface area contributed by atoms with Crippen LogP contribution in [0.15, 0.2) is 49.1 Å². The fraction of sp³-hybridized carbons (Fsp3) is 0.353. The summed E-state index contributed by atoms with van der Waals surface area (Å²) in [5.74, 6) is 0. The van der Waals surface area contributed by atoms with E-state index in [1.54, 1.807) is 35.8 Å². The van der Waals surface area contributed by atoms with Gasteiger partial charge in [0.2, 0.25) is 0 Å². The predicted octanol–water partition coefficient (Wildman–Crippen LogP) is 2.69. The van der Waals surface area contributed by atoms with Gasteiger partial charge in [-0.3, -0.25) is 9.97 Å². The quantitative estimate of drug-likeness (QED) is 0.921. The molecule has 0 saturated carbocycles. The zero-order valence-corrected chi connectivity index (χ0v) is 12.9. The second-order valence-corrected chi connectivity index (χ2v) is 5.55. The minimum atomic E-state index is -0.155. The van der Waals surface area contributed by atoms with E-state index in [1.165, 1.54) is 0 Å². The van der Waals surface area contributed by atoms with Crippen LogP contribution in [0.4, 0.5) is 10.5 Å². The minimum Gasteiger partial charge on any atom is -0.376 e. The van der Waals surface area contributed by atoms with Gasteiger partial charge in [-0.05, 0) is 36.6 Å². The average molecular weight is 312 g/mol. The van der Waals surface area contributed by atoms with E-state index in [0.29, 0.717) is 18.8 Å². The molecule has 3 heterocycles. The molecule has 1 aliphatic heterocycles. The number of anilines is 1. The first kappa shape index (κ1) is 15.4. The van der Waals surface area contributed by atoms with Crippen LogP contribution in [0.3, 0.4) is 0 Å². The Morgan fingerprint density at radius 2 is 2.09 bits per heavy atom. The van der Waals surface area contributed by atoms with Gasteiger partial charge in [0.25, 0.3) is 0 Å². The van der Waals surface area contributed by atoms with Crippen LogP contribution in [0.1, 0.15) is 18.4 Å². The van der Waals surface area contributed by atoms with Crippen LogP contribution in [0.25, 0.3) is 0 Å². The van der Waals surface area contributed by atoms with Gasteiger partial charge in [-0.1, -0.05) is 6.07 Å². The maximum Gasteiger partial charge on any atom is 0.322 e. The molecule has 120 valence electrons. The molecule has 6 nitrogen and oxygen atoms in total. The summed E-state index contributed by atoms with van der Waals surface area (Å²) in [7, 11) is 0. The number of rotatable bonds is 5. The lowest BCUT2D eigenvalue weighted by molar-refractivity contribution is 0.0819. The van der Waals surface area contributed by atoms with E-state index in [1.807, 2.05) is 18.2 Å². The molecule has 0 spiro atoms. The molecule has 0 aromatic carbocycles. The van der Waals surface area contributed by atoms with Crippen molar-refractivity contribution in [3.05, 3.63) is 54.6 Å². The summed E-state index contributed by atoms with van der Waals surface area (Å²) in [6.45, 7) is 1.84. The average Bonchev–Trinajstić information content (AvgIpc) is 3.09. The van der Waals surface area contributed by atoms with Crippen molar-refractivity contribution in [3.63, 3.8) is 0 Å². The Labute approximate surface area is 135 Å². The number of carbonyl (C=O) groups is 1. The van der Waals surface area contributed by atoms with Gasteiger partial charge in [-0.25, -0.2) is 4.79 Å². The van der Waals surface area contributed by atoms with Gasteiger partial charge in [-0.15, -0.1) is 0 Å². The Morgan fingerprint density at radius 1 is 1.26 bits per heavy atom. The molecule has 3 rings (SSSR count). The van der Waals surface area contributed by atoms with E-state index in [0.717, 1.165) is 25.0 Å². The molecule has 1 atom stereocenters. The number of ether oxygens (including phenoxy) is 1. The van der Waals surface area contributed by atoms with E-state index in [-0.39, 0.29) is 12.1 Å². The molecule has 0 bridgehead atoms. The molecule has 0 radical (unpaired) electrons. The highest BCUT2D eigenvalue weighted by molar-refractivity contribution is 5.89. The Kier molecular flexibility index (Phi) is 5.16. The third kappa shape index (κ3) is 4.50. The number of nitrogens with one attached hydrogen (secondary N) is 1. The van der Waals surface area contributed by atoms with Crippen molar-refractivity contribution >= 4 is 11.7 Å². The Hall–Kier alpha value is -2.47. The van der Waals surface area contributed by atoms with Gasteiger partial charge < -0.3 is 15.0 Å². The molecule has 1 N–H and O–H groups in total. The summed E-state index contributed by atoms with van der Waals surface area (Å²) in [6.07, 6.45) is 8.95. The highest BCUT2D eigenvalue weighted by Gasteiger charge is 2.23. The van der Waals surface area contributed by atoms with Crippen LogP contribution >= 0.6 is 0 Å². The molecule has 0 aliphatic carbocycles. The molecule has 2 aromatic heterocycles. The summed E-state index contributed by atoms with van der Waals surface area (Å²) in [5, 5.41) is 2.88. The first-order chi connectivity index (χ1) is 11.3. The molecule has 1 saturated heterocycles. The third-order valence-electron chi connectivity index (χ3n) is 3.74. The maximum atomic E-state index is 12.6. The Bertz CT molecular complexity index is 615. The van der Waals surface area contributed by atoms with Crippen molar-refractivity contribution in [1.29, 1.82) is 0 Å². The van der Waals surface area contributed by atoms with Crippen LogP contribution in [-0.4, -0.2) is 40.2 Å². The van der Waals surface area contributed by atoms with Crippen molar-refractivity contribution < 1.29 is 9.53 Å². The second kappa shape index (κ2) is 7.69. The number of amides is 2. The van der Waals surface area contributed by atoms with Crippen molar-refractivity contribution in [2.75, 3.05) is 18.5 Å². The standard InChI is InChI=1S/C17H20N4O2/c22-17(20-15-5-2-8-19-11-15)21(13-16-6-3-9-23-16)12-14-4-1-7-18-10-14/h1-2,4-5,7-8,10-11,16H,3,6,9,12-13H2,(H,20,22)/t16-/m0/s1. The molecule has 6 heteroatoms. The molecule has 2 amide bonds. The molecule has 1 fully saturated rings. The highest BCUT2D eigenvalue weighted by atomic mass is 16.5. The van der Waals surface area contributed by atoms with E-state index in [2.05, 4.69) is 15.3 Å². The van der Waals surface area contributed by atoms with Crippen molar-refractivity contribution in [2.45, 2.75) is 25.5 Å². The van der Waals surface area contributed by atoms with Gasteiger partial charge in [0.15, 0.2) is 0 Å². The van der Waals surface area contributed by atoms with Gasteiger partial charge in [0, 0.05) is 38.3 Å². The molecule has 0 unspecified atom stereocenters. The van der Waals surface area contributed by atoms with Crippen LogP contribution in [0.2, 0.25) is 0 Å². The first-order valence-corrected chi connectivity index (χ1v) is 7.78. The van der Waals surface area contributed by atoms with Gasteiger partial charge in [0.1, 0.15) is 0 Å². The van der Waals surface area contributed by atoms with Crippen LogP contribution in [0.5, 0.6) is 0 Å². The predicted molar refractivity (Wildman–Crippen MR) is 86.9 cm³/mol. The van der Waals surface area contributed by atoms with Crippen molar-refractivity contribution in [2.24, 2.45) is 0 Å². The summed E-state index contributed by atoms with van der Waals surface area (Å²) >= 11 is 0. The second-order valence-electron chi connectivity index (χ2n) is 5.55. The number of hydrogen-bond donors (Lipinski definition) is 1. The summed E-state index contributed by atoms with van der Waals surface area (Å²) < 4.78 is 5.67. The molecule has 1 aliphatic rings. The summed E-state index contributed by atoms with van der Waals surface area (Å²) in [4.78, 5) is 22.5. The first-order valence-electron chi connectivity index (χ1n) is 7.78. The van der Waals surface area contributed by atoms with E-state index >= 15 is 0 Å². The third-order valence-corrected chi connectivity index (χ3v) is 3.74. The van der Waals surface area contributed by atoms with E-state index < -0.39 is 0 Å². The topological polar surface area (TPSA) is 67.4 Å². The lowest BCUT2D eigenvalue weighted by atomic mass is 10.2. The number of urea groups is 1. The monoisotopic (exact) mass is 312 g/mol. The summed E-state index contributed by atoms with van der Waals surface area (Å²) in [6, 6.07) is 7.30. The largest absolute Gasteiger partial charge is 0.376 e. The SMILES string of the molecule is O=C(Nc1cccnc1)N(Cc1cccnc1)C[C@@H]1CCCO1. The number of carbonyl (C=O) groups excluding carboxylic acids is 1. The Morgan fingerprint density at radius 3 is 2.74 bits per heavy atom. The molecule has 23 heavy (non-hydrogen) atoms. The summed E-state index contributed by atoms with van der Waals surface area (Å²) in [5.41, 5.74) is 1.67. The van der Waals surface area contributed by atoms with Crippen molar-refractivity contribution in [3.8, 4) is 0 Å². The smallest absolute Gasteiger partial charge is 0.322 e. The van der Waals surface area contributed by atoms with E-state index in [9.17, 15) is 4.79 Å². The maximum absolute atomic E-state index is 12.6. The van der Waals surface area contributed by atoms with Gasteiger partial charge >= 0.3 is 6.03 Å². The van der Waals surface area contributed by atoms with Crippen LogP contribution < -0.4 is 5.32 Å². The highest BCUT2D eigenvalue weighted by Crippen LogP contribution is 2.16. The van der Waals surface area contributed by atoms with E-state index in [4.69, 9.17) is 4.74 Å². The number of aromatic nitrogens is 2.